The molecule has 3 N–H and O–H groups in total. The zero-order valence-electron chi connectivity index (χ0n) is 32.7. The third kappa shape index (κ3) is 19.5. The molecule has 0 fully saturated rings. The van der Waals surface area contributed by atoms with Crippen molar-refractivity contribution >= 4 is 24.1 Å². The fourth-order valence-corrected chi connectivity index (χ4v) is 4.45. The van der Waals surface area contributed by atoms with Gasteiger partial charge in [-0.05, 0) is 59.4 Å². The Morgan fingerprint density at radius 2 is 1.29 bits per heavy atom. The third-order valence-electron chi connectivity index (χ3n) is 7.23. The van der Waals surface area contributed by atoms with Crippen molar-refractivity contribution in [3.05, 3.63) is 101 Å². The summed E-state index contributed by atoms with van der Waals surface area (Å²) in [6.45, 7) is 17.5. The van der Waals surface area contributed by atoms with E-state index >= 15 is 0 Å². The zero-order valence-corrected chi connectivity index (χ0v) is 32.7. The van der Waals surface area contributed by atoms with Crippen molar-refractivity contribution in [3.8, 4) is 5.75 Å². The minimum atomic E-state index is -0.813. The average molecular weight is 706 g/mol. The summed E-state index contributed by atoms with van der Waals surface area (Å²) >= 11 is 0. The van der Waals surface area contributed by atoms with Crippen molar-refractivity contribution in [3.63, 3.8) is 0 Å². The molecule has 3 aromatic carbocycles. The van der Waals surface area contributed by atoms with Crippen LogP contribution in [0.3, 0.4) is 0 Å². The molecule has 9 heteroatoms. The molecule has 0 aliphatic rings. The maximum absolute atomic E-state index is 12.6. The number of ether oxygens (including phenoxy) is 2. The molecule has 0 spiro atoms. The molecular weight excluding hydrogens is 642 g/mol. The molecule has 9 nitrogen and oxygen atoms in total. The van der Waals surface area contributed by atoms with Crippen molar-refractivity contribution < 1.29 is 28.7 Å². The number of rotatable bonds is 15. The van der Waals surface area contributed by atoms with E-state index in [4.69, 9.17) is 9.47 Å². The normalized spacial score (nSPS) is 10.7. The van der Waals surface area contributed by atoms with Gasteiger partial charge in [-0.2, -0.15) is 0 Å². The molecule has 2 amide bonds. The van der Waals surface area contributed by atoms with Gasteiger partial charge in [-0.3, -0.25) is 19.8 Å². The molecule has 0 bridgehead atoms. The van der Waals surface area contributed by atoms with E-state index in [0.29, 0.717) is 16.7 Å². The highest BCUT2D eigenvalue weighted by molar-refractivity contribution is 5.97. The van der Waals surface area contributed by atoms with Crippen LogP contribution in [0.1, 0.15) is 136 Å². The number of aldehydes is 1. The maximum atomic E-state index is 12.6. The smallest absolute Gasteiger partial charge is 0.328 e. The van der Waals surface area contributed by atoms with Crippen molar-refractivity contribution in [1.29, 1.82) is 0 Å². The Balaban J connectivity index is 0.000000911. The lowest BCUT2D eigenvalue weighted by Crippen LogP contribution is -2.43. The summed E-state index contributed by atoms with van der Waals surface area (Å²) in [6, 6.07) is 20.6. The Labute approximate surface area is 307 Å². The number of hydrogen-bond acceptors (Lipinski definition) is 7. The fourth-order valence-electron chi connectivity index (χ4n) is 4.45. The molecule has 3 rings (SSSR count). The topological polar surface area (TPSA) is 123 Å². The molecule has 0 heterocycles. The molecule has 282 valence electrons. The monoisotopic (exact) mass is 705 g/mol. The van der Waals surface area contributed by atoms with Crippen LogP contribution in [-0.2, 0) is 21.4 Å². The largest absolute Gasteiger partial charge is 0.494 e. The van der Waals surface area contributed by atoms with Crippen molar-refractivity contribution in [2.24, 2.45) is 0 Å². The number of hydrogen-bond donors (Lipinski definition) is 3. The predicted molar refractivity (Wildman–Crippen MR) is 208 cm³/mol. The van der Waals surface area contributed by atoms with Crippen LogP contribution in [0.15, 0.2) is 72.8 Å². The molecule has 0 radical (unpaired) electrons. The van der Waals surface area contributed by atoms with Gasteiger partial charge in [-0.1, -0.05) is 124 Å². The summed E-state index contributed by atoms with van der Waals surface area (Å²) < 4.78 is 10.5. The van der Waals surface area contributed by atoms with Gasteiger partial charge in [-0.15, -0.1) is 0 Å². The lowest BCUT2D eigenvalue weighted by molar-refractivity contribution is -0.142. The van der Waals surface area contributed by atoms with Crippen LogP contribution in [0, 0.1) is 0 Å². The van der Waals surface area contributed by atoms with Crippen molar-refractivity contribution in [2.45, 2.75) is 112 Å². The summed E-state index contributed by atoms with van der Waals surface area (Å²) in [6.07, 6.45) is 8.43. The number of amides is 2. The number of nitrogens with one attached hydrogen (secondary N) is 3. The van der Waals surface area contributed by atoms with Gasteiger partial charge in [0.1, 0.15) is 18.1 Å². The highest BCUT2D eigenvalue weighted by Gasteiger charge is 2.23. The molecule has 0 aliphatic carbocycles. The van der Waals surface area contributed by atoms with Gasteiger partial charge in [0.2, 0.25) is 0 Å². The van der Waals surface area contributed by atoms with E-state index in [1.807, 2.05) is 38.1 Å². The fraction of sp³-hybridized carbons (Fsp3) is 0.476. The SMILES string of the molecule is CC.CCC.CCCCCCCOc1ccc(C(=O)NNC)cc1.COC(=O)C(Cc1ccc(C=O)cc1)NC(=O)c1ccc(C(C)(C)C)cc1. The highest BCUT2D eigenvalue weighted by Crippen LogP contribution is 2.22. The first-order valence-corrected chi connectivity index (χ1v) is 18.2. The molecule has 51 heavy (non-hydrogen) atoms. The van der Waals surface area contributed by atoms with E-state index in [1.165, 1.54) is 39.2 Å². The molecule has 0 saturated carbocycles. The Morgan fingerprint density at radius 3 is 1.78 bits per heavy atom. The van der Waals surface area contributed by atoms with E-state index in [0.717, 1.165) is 36.2 Å². The molecule has 3 aromatic rings. The van der Waals surface area contributed by atoms with E-state index in [1.54, 1.807) is 55.6 Å². The van der Waals surface area contributed by atoms with Crippen LogP contribution >= 0.6 is 0 Å². The standard InChI is InChI=1S/C22H25NO4.C15H24N2O2.C3H8.C2H6/c1-22(2,3)18-11-9-17(10-12-18)20(25)23-19(21(26)27-4)13-15-5-7-16(14-24)8-6-15;1-3-4-5-6-7-12-19-14-10-8-13(9-11-14)15(18)17-16-2;1-3-2;1-2/h5-12,14,19H,13H2,1-4H3,(H,23,25);8-11,16H,3-7,12H2,1-2H3,(H,17,18);3H2,1-2H3;1-2H3. The second-order valence-electron chi connectivity index (χ2n) is 12.6. The Hall–Kier alpha value is -4.50. The lowest BCUT2D eigenvalue weighted by Gasteiger charge is -2.20. The first-order valence-electron chi connectivity index (χ1n) is 18.2. The van der Waals surface area contributed by atoms with Crippen LogP contribution < -0.4 is 20.9 Å². The molecule has 0 aliphatic heterocycles. The van der Waals surface area contributed by atoms with Crippen LogP contribution in [0.25, 0.3) is 0 Å². The van der Waals surface area contributed by atoms with Crippen LogP contribution in [0.4, 0.5) is 0 Å². The number of carbonyl (C=O) groups excluding carboxylic acids is 4. The molecule has 0 aromatic heterocycles. The molecular formula is C42H63N3O6. The van der Waals surface area contributed by atoms with Gasteiger partial charge in [0, 0.05) is 30.2 Å². The Morgan fingerprint density at radius 1 is 0.765 bits per heavy atom. The van der Waals surface area contributed by atoms with E-state index < -0.39 is 12.0 Å². The third-order valence-corrected chi connectivity index (χ3v) is 7.23. The first-order chi connectivity index (χ1) is 24.4. The number of unbranched alkanes of at least 4 members (excludes halogenated alkanes) is 4. The lowest BCUT2D eigenvalue weighted by atomic mass is 9.86. The van der Waals surface area contributed by atoms with Gasteiger partial charge in [0.05, 0.1) is 13.7 Å². The predicted octanol–water partition coefficient (Wildman–Crippen LogP) is 8.65. The van der Waals surface area contributed by atoms with Gasteiger partial charge >= 0.3 is 5.97 Å². The minimum absolute atomic E-state index is 0.00274. The first kappa shape index (κ1) is 46.5. The van der Waals surface area contributed by atoms with E-state index in [-0.39, 0.29) is 23.7 Å². The van der Waals surface area contributed by atoms with Gasteiger partial charge in [0.15, 0.2) is 0 Å². The van der Waals surface area contributed by atoms with Crippen molar-refractivity contribution in [2.75, 3.05) is 20.8 Å². The molecule has 0 saturated heterocycles. The Kier molecular flexibility index (Phi) is 24.8. The van der Waals surface area contributed by atoms with Gasteiger partial charge in [-0.25, -0.2) is 10.2 Å². The number of methoxy groups -OCH3 is 1. The summed E-state index contributed by atoms with van der Waals surface area (Å²) in [5.74, 6) is -0.186. The Bertz CT molecular complexity index is 1380. The summed E-state index contributed by atoms with van der Waals surface area (Å²) in [5.41, 5.74) is 8.72. The quantitative estimate of drug-likeness (QED) is 0.0626. The van der Waals surface area contributed by atoms with E-state index in [2.05, 4.69) is 57.7 Å². The van der Waals surface area contributed by atoms with Gasteiger partial charge in [0.25, 0.3) is 11.8 Å². The number of esters is 1. The van der Waals surface area contributed by atoms with E-state index in [9.17, 15) is 19.2 Å². The summed E-state index contributed by atoms with van der Waals surface area (Å²) in [5, 5.41) is 2.74. The van der Waals surface area contributed by atoms with Crippen LogP contribution in [0.5, 0.6) is 5.75 Å². The minimum Gasteiger partial charge on any atom is -0.494 e. The highest BCUT2D eigenvalue weighted by atomic mass is 16.5. The average Bonchev–Trinajstić information content (AvgIpc) is 3.14. The number of benzene rings is 3. The number of hydrazine groups is 1. The van der Waals surface area contributed by atoms with Crippen LogP contribution in [0.2, 0.25) is 0 Å². The van der Waals surface area contributed by atoms with Crippen molar-refractivity contribution in [1.82, 2.24) is 16.2 Å². The molecule has 1 unspecified atom stereocenters. The summed E-state index contributed by atoms with van der Waals surface area (Å²) in [4.78, 5) is 46.9. The maximum Gasteiger partial charge on any atom is 0.328 e. The summed E-state index contributed by atoms with van der Waals surface area (Å²) in [7, 11) is 2.95. The molecule has 1 atom stereocenters. The van der Waals surface area contributed by atoms with Gasteiger partial charge < -0.3 is 14.8 Å². The second kappa shape index (κ2) is 27.3. The second-order valence-corrected chi connectivity index (χ2v) is 12.6. The zero-order chi connectivity index (χ0) is 38.7. The van der Waals surface area contributed by atoms with Crippen LogP contribution in [-0.4, -0.2) is 50.9 Å². The number of carbonyl (C=O) groups is 4.